The summed E-state index contributed by atoms with van der Waals surface area (Å²) in [5, 5.41) is 3.45. The van der Waals surface area contributed by atoms with Gasteiger partial charge in [0.2, 0.25) is 0 Å². The first-order valence-corrected chi connectivity index (χ1v) is 4.97. The van der Waals surface area contributed by atoms with Gasteiger partial charge < -0.3 is 5.32 Å². The molecular formula is C11H19N. The number of hydrogen-bond donors (Lipinski definition) is 1. The maximum Gasteiger partial charge on any atom is 0.0578 e. The predicted molar refractivity (Wildman–Crippen MR) is 52.9 cm³/mol. The third kappa shape index (κ3) is 2.87. The van der Waals surface area contributed by atoms with E-state index in [0.29, 0.717) is 6.04 Å². The van der Waals surface area contributed by atoms with E-state index in [2.05, 4.69) is 24.1 Å². The smallest absolute Gasteiger partial charge is 0.0578 e. The fourth-order valence-electron chi connectivity index (χ4n) is 1.92. The van der Waals surface area contributed by atoms with Crippen LogP contribution in [0.2, 0.25) is 0 Å². The van der Waals surface area contributed by atoms with Gasteiger partial charge in [-0.2, -0.15) is 0 Å². The molecule has 1 heteroatoms. The van der Waals surface area contributed by atoms with E-state index >= 15 is 0 Å². The minimum Gasteiger partial charge on any atom is -0.303 e. The number of nitrogens with one attached hydrogen (secondary N) is 1. The standard InChI is InChI=1S/C11H19N/c1-3-4-9-12-10(2)11-7-5-6-8-11/h10-12H,5-9H2,1-2H3/t10-/m0/s1. The summed E-state index contributed by atoms with van der Waals surface area (Å²) in [5.41, 5.74) is 0. The minimum atomic E-state index is 0.661. The van der Waals surface area contributed by atoms with E-state index in [1.807, 2.05) is 6.92 Å². The number of rotatable bonds is 3. The fourth-order valence-corrected chi connectivity index (χ4v) is 1.92. The molecule has 0 aromatic rings. The predicted octanol–water partition coefficient (Wildman–Crippen LogP) is 2.18. The third-order valence-electron chi connectivity index (χ3n) is 2.80. The largest absolute Gasteiger partial charge is 0.303 e. The highest BCUT2D eigenvalue weighted by Crippen LogP contribution is 2.27. The Labute approximate surface area is 75.9 Å². The van der Waals surface area contributed by atoms with Crippen molar-refractivity contribution in [2.45, 2.75) is 45.6 Å². The molecule has 1 N–H and O–H groups in total. The molecule has 0 amide bonds. The van der Waals surface area contributed by atoms with Gasteiger partial charge in [-0.25, -0.2) is 0 Å². The van der Waals surface area contributed by atoms with E-state index in [1.165, 1.54) is 25.7 Å². The Balaban J connectivity index is 2.16. The van der Waals surface area contributed by atoms with Gasteiger partial charge in [0.05, 0.1) is 6.54 Å². The van der Waals surface area contributed by atoms with Gasteiger partial charge in [0.1, 0.15) is 0 Å². The Kier molecular flexibility index (Phi) is 4.18. The molecule has 0 radical (unpaired) electrons. The molecule has 0 aliphatic heterocycles. The summed E-state index contributed by atoms with van der Waals surface area (Å²) in [5.74, 6) is 6.85. The van der Waals surface area contributed by atoms with E-state index in [9.17, 15) is 0 Å². The van der Waals surface area contributed by atoms with Crippen LogP contribution in [0, 0.1) is 17.8 Å². The normalized spacial score (nSPS) is 20.2. The van der Waals surface area contributed by atoms with Crippen LogP contribution in [0.3, 0.4) is 0 Å². The van der Waals surface area contributed by atoms with E-state index < -0.39 is 0 Å². The van der Waals surface area contributed by atoms with Crippen LogP contribution in [0.4, 0.5) is 0 Å². The molecule has 12 heavy (non-hydrogen) atoms. The first-order valence-electron chi connectivity index (χ1n) is 4.97. The monoisotopic (exact) mass is 165 g/mol. The van der Waals surface area contributed by atoms with Crippen LogP contribution >= 0.6 is 0 Å². The Hall–Kier alpha value is -0.480. The second-order valence-electron chi connectivity index (χ2n) is 3.64. The van der Waals surface area contributed by atoms with Gasteiger partial charge in [-0.15, -0.1) is 5.92 Å². The molecule has 1 nitrogen and oxygen atoms in total. The molecule has 0 spiro atoms. The summed E-state index contributed by atoms with van der Waals surface area (Å²) in [4.78, 5) is 0. The Morgan fingerprint density at radius 2 is 2.08 bits per heavy atom. The highest BCUT2D eigenvalue weighted by atomic mass is 14.9. The summed E-state index contributed by atoms with van der Waals surface area (Å²) >= 11 is 0. The van der Waals surface area contributed by atoms with Gasteiger partial charge in [-0.3, -0.25) is 0 Å². The molecule has 1 aliphatic rings. The molecule has 1 atom stereocenters. The Bertz CT molecular complexity index is 169. The molecule has 0 heterocycles. The molecule has 1 aliphatic carbocycles. The summed E-state index contributed by atoms with van der Waals surface area (Å²) in [6.07, 6.45) is 5.67. The van der Waals surface area contributed by atoms with Crippen molar-refractivity contribution < 1.29 is 0 Å². The van der Waals surface area contributed by atoms with E-state index in [0.717, 1.165) is 12.5 Å². The molecule has 68 valence electrons. The van der Waals surface area contributed by atoms with Crippen molar-refractivity contribution in [1.29, 1.82) is 0 Å². The molecule has 1 fully saturated rings. The van der Waals surface area contributed by atoms with Crippen LogP contribution in [0.5, 0.6) is 0 Å². The molecule has 0 bridgehead atoms. The van der Waals surface area contributed by atoms with Crippen molar-refractivity contribution in [1.82, 2.24) is 5.32 Å². The van der Waals surface area contributed by atoms with Crippen LogP contribution in [-0.4, -0.2) is 12.6 Å². The quantitative estimate of drug-likeness (QED) is 0.632. The fraction of sp³-hybridized carbons (Fsp3) is 0.818. The van der Waals surface area contributed by atoms with Crippen molar-refractivity contribution in [3.05, 3.63) is 0 Å². The zero-order valence-corrected chi connectivity index (χ0v) is 8.19. The molecule has 0 aromatic carbocycles. The topological polar surface area (TPSA) is 12.0 Å². The Morgan fingerprint density at radius 3 is 2.67 bits per heavy atom. The highest BCUT2D eigenvalue weighted by molar-refractivity contribution is 4.97. The van der Waals surface area contributed by atoms with Crippen LogP contribution < -0.4 is 5.32 Å². The van der Waals surface area contributed by atoms with E-state index in [-0.39, 0.29) is 0 Å². The molecule has 0 unspecified atom stereocenters. The lowest BCUT2D eigenvalue weighted by atomic mass is 10.00. The highest BCUT2D eigenvalue weighted by Gasteiger charge is 2.20. The van der Waals surface area contributed by atoms with Crippen LogP contribution in [0.1, 0.15) is 39.5 Å². The van der Waals surface area contributed by atoms with Crippen molar-refractivity contribution in [3.63, 3.8) is 0 Å². The van der Waals surface area contributed by atoms with Crippen molar-refractivity contribution in [2.24, 2.45) is 5.92 Å². The maximum absolute atomic E-state index is 3.45. The van der Waals surface area contributed by atoms with Gasteiger partial charge in [0, 0.05) is 6.04 Å². The third-order valence-corrected chi connectivity index (χ3v) is 2.80. The average Bonchev–Trinajstić information content (AvgIpc) is 2.56. The van der Waals surface area contributed by atoms with E-state index in [4.69, 9.17) is 0 Å². The Morgan fingerprint density at radius 1 is 1.42 bits per heavy atom. The second-order valence-corrected chi connectivity index (χ2v) is 3.64. The van der Waals surface area contributed by atoms with E-state index in [1.54, 1.807) is 0 Å². The zero-order chi connectivity index (χ0) is 8.81. The first-order chi connectivity index (χ1) is 5.84. The van der Waals surface area contributed by atoms with Crippen molar-refractivity contribution in [2.75, 3.05) is 6.54 Å². The van der Waals surface area contributed by atoms with Gasteiger partial charge in [0.15, 0.2) is 0 Å². The molecule has 1 saturated carbocycles. The van der Waals surface area contributed by atoms with Crippen LogP contribution in [-0.2, 0) is 0 Å². The summed E-state index contributed by atoms with van der Waals surface area (Å²) in [6, 6.07) is 0.661. The number of hydrogen-bond acceptors (Lipinski definition) is 1. The lowest BCUT2D eigenvalue weighted by Crippen LogP contribution is -2.32. The summed E-state index contributed by atoms with van der Waals surface area (Å²) in [7, 11) is 0. The molecule has 1 rings (SSSR count). The van der Waals surface area contributed by atoms with Gasteiger partial charge >= 0.3 is 0 Å². The first kappa shape index (κ1) is 9.61. The minimum absolute atomic E-state index is 0.661. The molecular weight excluding hydrogens is 146 g/mol. The molecule has 0 aromatic heterocycles. The van der Waals surface area contributed by atoms with Crippen LogP contribution in [0.15, 0.2) is 0 Å². The summed E-state index contributed by atoms with van der Waals surface area (Å²) < 4.78 is 0. The molecule has 0 saturated heterocycles. The van der Waals surface area contributed by atoms with Gasteiger partial charge in [-0.05, 0) is 32.6 Å². The second kappa shape index (κ2) is 5.22. The van der Waals surface area contributed by atoms with Crippen molar-refractivity contribution >= 4 is 0 Å². The van der Waals surface area contributed by atoms with Crippen LogP contribution in [0.25, 0.3) is 0 Å². The zero-order valence-electron chi connectivity index (χ0n) is 8.19. The van der Waals surface area contributed by atoms with Crippen molar-refractivity contribution in [3.8, 4) is 11.8 Å². The summed E-state index contributed by atoms with van der Waals surface area (Å²) in [6.45, 7) is 5.03. The lowest BCUT2D eigenvalue weighted by molar-refractivity contribution is 0.396. The lowest BCUT2D eigenvalue weighted by Gasteiger charge is -2.18. The van der Waals surface area contributed by atoms with Gasteiger partial charge in [0.25, 0.3) is 0 Å². The average molecular weight is 165 g/mol. The van der Waals surface area contributed by atoms with Gasteiger partial charge in [-0.1, -0.05) is 18.8 Å². The SMILES string of the molecule is CC#CCN[C@@H](C)C1CCCC1. The maximum atomic E-state index is 3.45.